The highest BCUT2D eigenvalue weighted by molar-refractivity contribution is 6.17. The molecule has 5 rings (SSSR count). The van der Waals surface area contributed by atoms with Gasteiger partial charge in [0, 0.05) is 36.3 Å². The van der Waals surface area contributed by atoms with Gasteiger partial charge in [-0.05, 0) is 49.9 Å². The maximum atomic E-state index is 13.9. The monoisotopic (exact) mass is 427 g/mol. The zero-order valence-electron chi connectivity index (χ0n) is 19.0. The van der Waals surface area contributed by atoms with Gasteiger partial charge in [0.2, 0.25) is 0 Å². The molecular formula is C27H29N3O2. The summed E-state index contributed by atoms with van der Waals surface area (Å²) in [5.41, 5.74) is 5.57. The minimum Gasteiger partial charge on any atom is -0.330 e. The third kappa shape index (κ3) is 3.36. The van der Waals surface area contributed by atoms with Crippen LogP contribution in [0.4, 0.5) is 5.69 Å². The summed E-state index contributed by atoms with van der Waals surface area (Å²) in [5, 5.41) is 0.812. The van der Waals surface area contributed by atoms with Crippen molar-refractivity contribution in [1.82, 2.24) is 9.88 Å². The van der Waals surface area contributed by atoms with E-state index in [1.54, 1.807) is 4.90 Å². The largest absolute Gasteiger partial charge is 0.330 e. The maximum Gasteiger partial charge on any atom is 0.273 e. The number of hydrogen-bond acceptors (Lipinski definition) is 3. The second kappa shape index (κ2) is 8.05. The second-order valence-corrected chi connectivity index (χ2v) is 9.21. The molecule has 2 amide bonds. The van der Waals surface area contributed by atoms with Gasteiger partial charge in [0.15, 0.2) is 0 Å². The number of rotatable bonds is 3. The Morgan fingerprint density at radius 3 is 2.59 bits per heavy atom. The Balaban J connectivity index is 1.63. The molecule has 2 aromatic carbocycles. The van der Waals surface area contributed by atoms with Gasteiger partial charge in [-0.3, -0.25) is 9.59 Å². The van der Waals surface area contributed by atoms with Crippen LogP contribution in [0.1, 0.15) is 69.6 Å². The van der Waals surface area contributed by atoms with Gasteiger partial charge in [0.05, 0.1) is 11.1 Å². The van der Waals surface area contributed by atoms with E-state index in [2.05, 4.69) is 6.07 Å². The summed E-state index contributed by atoms with van der Waals surface area (Å²) in [4.78, 5) is 35.7. The second-order valence-electron chi connectivity index (χ2n) is 9.21. The molecule has 1 saturated carbocycles. The van der Waals surface area contributed by atoms with Crippen LogP contribution in [-0.4, -0.2) is 34.8 Å². The van der Waals surface area contributed by atoms with E-state index in [-0.39, 0.29) is 17.9 Å². The molecule has 1 aliphatic carbocycles. The third-order valence-electron chi connectivity index (χ3n) is 7.05. The van der Waals surface area contributed by atoms with E-state index >= 15 is 0 Å². The third-order valence-corrected chi connectivity index (χ3v) is 7.05. The van der Waals surface area contributed by atoms with Crippen molar-refractivity contribution in [2.45, 2.75) is 58.5 Å². The Morgan fingerprint density at radius 2 is 1.81 bits per heavy atom. The van der Waals surface area contributed by atoms with Crippen LogP contribution in [-0.2, 0) is 6.54 Å². The normalized spacial score (nSPS) is 16.5. The number of fused-ring (bicyclic) bond motifs is 2. The molecular weight excluding hydrogens is 398 g/mol. The number of anilines is 1. The number of carbonyl (C=O) groups excluding carboxylic acids is 2. The summed E-state index contributed by atoms with van der Waals surface area (Å²) < 4.78 is 0. The zero-order chi connectivity index (χ0) is 22.4. The van der Waals surface area contributed by atoms with Crippen LogP contribution in [0, 0.1) is 13.8 Å². The van der Waals surface area contributed by atoms with Crippen LogP contribution in [0.3, 0.4) is 0 Å². The fourth-order valence-corrected chi connectivity index (χ4v) is 5.25. The molecule has 0 atom stereocenters. The molecule has 5 nitrogen and oxygen atoms in total. The number of amides is 2. The highest BCUT2D eigenvalue weighted by atomic mass is 16.2. The molecule has 0 unspecified atom stereocenters. The molecule has 1 aromatic heterocycles. The molecule has 1 fully saturated rings. The molecule has 164 valence electrons. The van der Waals surface area contributed by atoms with Crippen molar-refractivity contribution in [2.75, 3.05) is 11.9 Å². The fourth-order valence-electron chi connectivity index (χ4n) is 5.25. The Labute approximate surface area is 189 Å². The van der Waals surface area contributed by atoms with Crippen LogP contribution >= 0.6 is 0 Å². The predicted molar refractivity (Wildman–Crippen MR) is 127 cm³/mol. The lowest BCUT2D eigenvalue weighted by molar-refractivity contribution is 0.0655. The number of nitrogens with zero attached hydrogens (tertiary/aromatic N) is 3. The summed E-state index contributed by atoms with van der Waals surface area (Å²) in [6.45, 7) is 4.52. The summed E-state index contributed by atoms with van der Waals surface area (Å²) in [7, 11) is 1.82. The van der Waals surface area contributed by atoms with E-state index < -0.39 is 0 Å². The molecule has 0 bridgehead atoms. The van der Waals surface area contributed by atoms with Gasteiger partial charge in [-0.1, -0.05) is 49.6 Å². The van der Waals surface area contributed by atoms with Gasteiger partial charge in [0.1, 0.15) is 5.69 Å². The quantitative estimate of drug-likeness (QED) is 0.561. The number of aromatic nitrogens is 1. The molecule has 0 radical (unpaired) electrons. The lowest BCUT2D eigenvalue weighted by Crippen LogP contribution is -2.37. The van der Waals surface area contributed by atoms with Gasteiger partial charge in [-0.25, -0.2) is 4.98 Å². The number of benzene rings is 2. The number of carbonyl (C=O) groups is 2. The minimum absolute atomic E-state index is 0.0268. The van der Waals surface area contributed by atoms with Crippen LogP contribution in [0.2, 0.25) is 0 Å². The summed E-state index contributed by atoms with van der Waals surface area (Å²) in [6, 6.07) is 14.0. The van der Waals surface area contributed by atoms with Gasteiger partial charge >= 0.3 is 0 Å². The van der Waals surface area contributed by atoms with Crippen molar-refractivity contribution in [3.05, 3.63) is 70.4 Å². The molecule has 3 aromatic rings. The van der Waals surface area contributed by atoms with Crippen molar-refractivity contribution in [2.24, 2.45) is 0 Å². The van der Waals surface area contributed by atoms with Gasteiger partial charge in [-0.2, -0.15) is 0 Å². The fraction of sp³-hybridized carbons (Fsp3) is 0.370. The van der Waals surface area contributed by atoms with Crippen molar-refractivity contribution in [3.8, 4) is 0 Å². The van der Waals surface area contributed by atoms with E-state index in [4.69, 9.17) is 4.98 Å². The molecule has 5 heteroatoms. The Kier molecular flexibility index (Phi) is 5.20. The number of hydrogen-bond donors (Lipinski definition) is 0. The van der Waals surface area contributed by atoms with Crippen molar-refractivity contribution < 1.29 is 9.59 Å². The van der Waals surface area contributed by atoms with Crippen molar-refractivity contribution in [3.63, 3.8) is 0 Å². The number of pyridine rings is 1. The smallest absolute Gasteiger partial charge is 0.273 e. The van der Waals surface area contributed by atoms with E-state index in [9.17, 15) is 9.59 Å². The Hall–Kier alpha value is -3.21. The van der Waals surface area contributed by atoms with E-state index in [0.29, 0.717) is 23.3 Å². The SMILES string of the molecule is Cc1ccc(C)c(N(C)C(=O)c2c3c(nc4ccccc24)C(=O)N(C2CCCCC2)C3)c1. The number of aryl methyl sites for hydroxylation is 2. The zero-order valence-corrected chi connectivity index (χ0v) is 19.0. The lowest BCUT2D eigenvalue weighted by Gasteiger charge is -2.30. The highest BCUT2D eigenvalue weighted by Crippen LogP contribution is 2.36. The maximum absolute atomic E-state index is 13.9. The molecule has 32 heavy (non-hydrogen) atoms. The first kappa shape index (κ1) is 20.7. The first-order valence-corrected chi connectivity index (χ1v) is 11.5. The molecule has 2 aliphatic rings. The molecule has 1 aliphatic heterocycles. The van der Waals surface area contributed by atoms with Crippen LogP contribution in [0.25, 0.3) is 10.9 Å². The molecule has 0 N–H and O–H groups in total. The molecule has 2 heterocycles. The predicted octanol–water partition coefficient (Wildman–Crippen LogP) is 5.42. The minimum atomic E-state index is -0.0909. The first-order chi connectivity index (χ1) is 15.5. The lowest BCUT2D eigenvalue weighted by atomic mass is 9.94. The Bertz CT molecular complexity index is 1230. The summed E-state index contributed by atoms with van der Waals surface area (Å²) >= 11 is 0. The van der Waals surface area contributed by atoms with Crippen molar-refractivity contribution in [1.29, 1.82) is 0 Å². The summed E-state index contributed by atoms with van der Waals surface area (Å²) in [6.07, 6.45) is 5.61. The van der Waals surface area contributed by atoms with Gasteiger partial charge in [0.25, 0.3) is 11.8 Å². The first-order valence-electron chi connectivity index (χ1n) is 11.5. The van der Waals surface area contributed by atoms with Crippen LogP contribution in [0.5, 0.6) is 0 Å². The Morgan fingerprint density at radius 1 is 1.06 bits per heavy atom. The average molecular weight is 428 g/mol. The standard InChI is InChI=1S/C27H29N3O2/c1-17-13-14-18(2)23(15-17)29(3)26(31)24-20-11-7-8-12-22(20)28-25-21(24)16-30(27(25)32)19-9-5-4-6-10-19/h7-8,11-15,19H,4-6,9-10,16H2,1-3H3. The van der Waals surface area contributed by atoms with Crippen LogP contribution in [0.15, 0.2) is 42.5 Å². The highest BCUT2D eigenvalue weighted by Gasteiger charge is 2.38. The van der Waals surface area contributed by atoms with E-state index in [0.717, 1.165) is 53.4 Å². The van der Waals surface area contributed by atoms with E-state index in [1.165, 1.54) is 6.42 Å². The molecule has 0 saturated heterocycles. The number of para-hydroxylation sites is 1. The van der Waals surface area contributed by atoms with Crippen LogP contribution < -0.4 is 4.90 Å². The summed E-state index contributed by atoms with van der Waals surface area (Å²) in [5.74, 6) is -0.118. The van der Waals surface area contributed by atoms with Crippen molar-refractivity contribution >= 4 is 28.4 Å². The topological polar surface area (TPSA) is 53.5 Å². The van der Waals surface area contributed by atoms with Gasteiger partial charge < -0.3 is 9.80 Å². The molecule has 0 spiro atoms. The average Bonchev–Trinajstić information content (AvgIpc) is 3.14. The van der Waals surface area contributed by atoms with E-state index in [1.807, 2.05) is 62.2 Å². The van der Waals surface area contributed by atoms with Gasteiger partial charge in [-0.15, -0.1) is 0 Å².